The Morgan fingerprint density at radius 2 is 1.85 bits per heavy atom. The molecular formula is C18H19BrN2O4S. The van der Waals surface area contributed by atoms with Gasteiger partial charge in [-0.25, -0.2) is 8.42 Å². The topological polar surface area (TPSA) is 75.7 Å². The number of morpholine rings is 1. The van der Waals surface area contributed by atoms with Gasteiger partial charge < -0.3 is 10.1 Å². The molecule has 0 atom stereocenters. The molecule has 1 fully saturated rings. The van der Waals surface area contributed by atoms with Crippen molar-refractivity contribution in [2.24, 2.45) is 0 Å². The van der Waals surface area contributed by atoms with Gasteiger partial charge in [0, 0.05) is 29.7 Å². The average Bonchev–Trinajstić information content (AvgIpc) is 2.67. The Morgan fingerprint density at radius 1 is 1.12 bits per heavy atom. The number of amides is 1. The molecule has 0 bridgehead atoms. The minimum atomic E-state index is -3.62. The van der Waals surface area contributed by atoms with Crippen LogP contribution in [0.3, 0.4) is 0 Å². The number of ether oxygens (including phenoxy) is 1. The van der Waals surface area contributed by atoms with Crippen LogP contribution in [0.15, 0.2) is 57.9 Å². The van der Waals surface area contributed by atoms with E-state index in [1.165, 1.54) is 16.4 Å². The third-order valence-electron chi connectivity index (χ3n) is 4.05. The molecule has 26 heavy (non-hydrogen) atoms. The predicted molar refractivity (Wildman–Crippen MR) is 101 cm³/mol. The first-order valence-corrected chi connectivity index (χ1v) is 10.4. The summed E-state index contributed by atoms with van der Waals surface area (Å²) in [5, 5.41) is 2.81. The highest BCUT2D eigenvalue weighted by atomic mass is 79.9. The molecule has 0 saturated carbocycles. The van der Waals surface area contributed by atoms with Crippen molar-refractivity contribution < 1.29 is 17.9 Å². The van der Waals surface area contributed by atoms with E-state index in [4.69, 9.17) is 4.74 Å². The Balaban J connectivity index is 1.73. The maximum atomic E-state index is 12.7. The molecule has 0 unspecified atom stereocenters. The van der Waals surface area contributed by atoms with Gasteiger partial charge in [-0.15, -0.1) is 0 Å². The van der Waals surface area contributed by atoms with Gasteiger partial charge in [-0.1, -0.05) is 34.1 Å². The van der Waals surface area contributed by atoms with Crippen molar-refractivity contribution in [2.75, 3.05) is 26.3 Å². The van der Waals surface area contributed by atoms with E-state index in [9.17, 15) is 13.2 Å². The lowest BCUT2D eigenvalue weighted by Gasteiger charge is -2.26. The maximum Gasteiger partial charge on any atom is 0.251 e. The highest BCUT2D eigenvalue weighted by molar-refractivity contribution is 9.10. The van der Waals surface area contributed by atoms with Crippen LogP contribution in [0.1, 0.15) is 15.9 Å². The Bertz CT molecular complexity index is 896. The molecule has 2 aromatic carbocycles. The number of hydrogen-bond acceptors (Lipinski definition) is 4. The summed E-state index contributed by atoms with van der Waals surface area (Å²) in [6, 6.07) is 13.7. The predicted octanol–water partition coefficient (Wildman–Crippen LogP) is 2.40. The van der Waals surface area contributed by atoms with Gasteiger partial charge in [-0.05, 0) is 35.9 Å². The third kappa shape index (κ3) is 4.50. The largest absolute Gasteiger partial charge is 0.379 e. The van der Waals surface area contributed by atoms with Crippen molar-refractivity contribution >= 4 is 31.9 Å². The van der Waals surface area contributed by atoms with Crippen molar-refractivity contribution in [3.63, 3.8) is 0 Å². The zero-order valence-corrected chi connectivity index (χ0v) is 16.4. The van der Waals surface area contributed by atoms with E-state index in [-0.39, 0.29) is 10.8 Å². The number of nitrogens with one attached hydrogen (secondary N) is 1. The van der Waals surface area contributed by atoms with Crippen LogP contribution < -0.4 is 5.32 Å². The average molecular weight is 439 g/mol. The lowest BCUT2D eigenvalue weighted by molar-refractivity contribution is 0.0730. The van der Waals surface area contributed by atoms with Crippen LogP contribution >= 0.6 is 15.9 Å². The van der Waals surface area contributed by atoms with Crippen LogP contribution in [0.25, 0.3) is 0 Å². The molecule has 0 radical (unpaired) electrons. The Hall–Kier alpha value is -1.74. The van der Waals surface area contributed by atoms with Gasteiger partial charge in [-0.2, -0.15) is 4.31 Å². The number of carbonyl (C=O) groups excluding carboxylic acids is 1. The molecule has 0 aliphatic carbocycles. The molecule has 1 amide bonds. The summed E-state index contributed by atoms with van der Waals surface area (Å²) >= 11 is 3.39. The quantitative estimate of drug-likeness (QED) is 0.777. The van der Waals surface area contributed by atoms with Gasteiger partial charge in [0.25, 0.3) is 5.91 Å². The van der Waals surface area contributed by atoms with Crippen LogP contribution in [0, 0.1) is 0 Å². The molecule has 1 N–H and O–H groups in total. The van der Waals surface area contributed by atoms with Crippen molar-refractivity contribution in [3.8, 4) is 0 Å². The van der Waals surface area contributed by atoms with E-state index < -0.39 is 10.0 Å². The summed E-state index contributed by atoms with van der Waals surface area (Å²) in [4.78, 5) is 12.5. The number of carbonyl (C=O) groups is 1. The summed E-state index contributed by atoms with van der Waals surface area (Å²) in [5.74, 6) is -0.316. The minimum absolute atomic E-state index is 0.120. The molecule has 1 aliphatic rings. The number of halogens is 1. The smallest absolute Gasteiger partial charge is 0.251 e. The number of hydrogen-bond donors (Lipinski definition) is 1. The van der Waals surface area contributed by atoms with Gasteiger partial charge in [0.2, 0.25) is 10.0 Å². The van der Waals surface area contributed by atoms with E-state index in [2.05, 4.69) is 21.2 Å². The molecule has 1 aliphatic heterocycles. The third-order valence-corrected chi connectivity index (χ3v) is 6.43. The van der Waals surface area contributed by atoms with Crippen LogP contribution in [0.2, 0.25) is 0 Å². The molecule has 0 spiro atoms. The lowest BCUT2D eigenvalue weighted by atomic mass is 10.2. The Labute approximate surface area is 161 Å². The maximum absolute atomic E-state index is 12.7. The number of benzene rings is 2. The van der Waals surface area contributed by atoms with Gasteiger partial charge in [0.05, 0.1) is 18.1 Å². The van der Waals surface area contributed by atoms with Crippen LogP contribution in [-0.4, -0.2) is 44.9 Å². The van der Waals surface area contributed by atoms with Crippen molar-refractivity contribution in [2.45, 2.75) is 11.4 Å². The first-order valence-electron chi connectivity index (χ1n) is 8.17. The molecule has 1 saturated heterocycles. The number of sulfonamides is 1. The van der Waals surface area contributed by atoms with Gasteiger partial charge >= 0.3 is 0 Å². The fraction of sp³-hybridized carbons (Fsp3) is 0.278. The normalized spacial score (nSPS) is 15.6. The molecule has 6 nitrogen and oxygen atoms in total. The van der Waals surface area contributed by atoms with Gasteiger partial charge in [-0.3, -0.25) is 4.79 Å². The van der Waals surface area contributed by atoms with E-state index >= 15 is 0 Å². The SMILES string of the molecule is O=C(NCc1cccc(Br)c1)c1cccc(S(=O)(=O)N2CCOCC2)c1. The van der Waals surface area contributed by atoms with Crippen molar-refractivity contribution in [1.29, 1.82) is 0 Å². The van der Waals surface area contributed by atoms with Gasteiger partial charge in [0.15, 0.2) is 0 Å². The monoisotopic (exact) mass is 438 g/mol. The summed E-state index contributed by atoms with van der Waals surface area (Å²) < 4.78 is 32.9. The van der Waals surface area contributed by atoms with Crippen molar-refractivity contribution in [3.05, 3.63) is 64.1 Å². The van der Waals surface area contributed by atoms with E-state index in [1.807, 2.05) is 24.3 Å². The highest BCUT2D eigenvalue weighted by Crippen LogP contribution is 2.18. The molecule has 1 heterocycles. The van der Waals surface area contributed by atoms with E-state index in [0.717, 1.165) is 10.0 Å². The Morgan fingerprint density at radius 3 is 2.58 bits per heavy atom. The second kappa shape index (κ2) is 8.30. The summed E-state index contributed by atoms with van der Waals surface area (Å²) in [5.41, 5.74) is 1.26. The molecular weight excluding hydrogens is 420 g/mol. The van der Waals surface area contributed by atoms with E-state index in [1.54, 1.807) is 12.1 Å². The fourth-order valence-electron chi connectivity index (χ4n) is 2.67. The standard InChI is InChI=1S/C18H19BrN2O4S/c19-16-5-1-3-14(11-16)13-20-18(22)15-4-2-6-17(12-15)26(23,24)21-7-9-25-10-8-21/h1-6,11-12H,7-10,13H2,(H,20,22). The molecule has 3 rings (SSSR count). The van der Waals surface area contributed by atoms with Crippen LogP contribution in [0.4, 0.5) is 0 Å². The van der Waals surface area contributed by atoms with Gasteiger partial charge in [0.1, 0.15) is 0 Å². The lowest BCUT2D eigenvalue weighted by Crippen LogP contribution is -2.40. The number of nitrogens with zero attached hydrogens (tertiary/aromatic N) is 1. The van der Waals surface area contributed by atoms with Crippen molar-refractivity contribution in [1.82, 2.24) is 9.62 Å². The van der Waals surface area contributed by atoms with E-state index in [0.29, 0.717) is 38.4 Å². The summed E-state index contributed by atoms with van der Waals surface area (Å²) in [7, 11) is -3.62. The molecule has 2 aromatic rings. The summed E-state index contributed by atoms with van der Waals surface area (Å²) in [6.45, 7) is 1.76. The highest BCUT2D eigenvalue weighted by Gasteiger charge is 2.26. The second-order valence-electron chi connectivity index (χ2n) is 5.86. The molecule has 138 valence electrons. The molecule has 0 aromatic heterocycles. The van der Waals surface area contributed by atoms with Crippen LogP contribution in [0.5, 0.6) is 0 Å². The minimum Gasteiger partial charge on any atom is -0.379 e. The Kier molecular flexibility index (Phi) is 6.08. The number of rotatable bonds is 5. The first-order chi connectivity index (χ1) is 12.5. The zero-order chi connectivity index (χ0) is 18.6. The summed E-state index contributed by atoms with van der Waals surface area (Å²) in [6.07, 6.45) is 0. The second-order valence-corrected chi connectivity index (χ2v) is 8.71. The first kappa shape index (κ1) is 19.0. The molecule has 8 heteroatoms. The fourth-order valence-corrected chi connectivity index (χ4v) is 4.57. The zero-order valence-electron chi connectivity index (χ0n) is 14.0. The van der Waals surface area contributed by atoms with Crippen LogP contribution in [-0.2, 0) is 21.3 Å².